The van der Waals surface area contributed by atoms with E-state index in [2.05, 4.69) is 20.4 Å². The van der Waals surface area contributed by atoms with E-state index in [0.29, 0.717) is 23.6 Å². The maximum absolute atomic E-state index is 12.1. The number of nitrogens with one attached hydrogen (secondary N) is 2. The summed E-state index contributed by atoms with van der Waals surface area (Å²) in [4.78, 5) is 30.7. The van der Waals surface area contributed by atoms with Crippen molar-refractivity contribution in [1.29, 1.82) is 0 Å². The standard InChI is InChI=1S/C18H21N5O2/c1-12-15(21-13(2)22-18(12)25)10-17(24)19-8-5-9-23-16-7-4-3-6-14(16)11-20-23/h3-4,6-7,11H,5,8-10H2,1-2H3,(H,19,24)(H,21,22,25). The fourth-order valence-electron chi connectivity index (χ4n) is 2.75. The summed E-state index contributed by atoms with van der Waals surface area (Å²) >= 11 is 0. The Labute approximate surface area is 145 Å². The molecule has 0 aliphatic rings. The van der Waals surface area contributed by atoms with Gasteiger partial charge in [0.15, 0.2) is 0 Å². The van der Waals surface area contributed by atoms with E-state index in [1.165, 1.54) is 0 Å². The number of aromatic amines is 1. The van der Waals surface area contributed by atoms with Crippen LogP contribution in [-0.2, 0) is 17.8 Å². The minimum Gasteiger partial charge on any atom is -0.356 e. The zero-order valence-electron chi connectivity index (χ0n) is 14.4. The van der Waals surface area contributed by atoms with Gasteiger partial charge in [-0.15, -0.1) is 0 Å². The van der Waals surface area contributed by atoms with Gasteiger partial charge >= 0.3 is 0 Å². The lowest BCUT2D eigenvalue weighted by molar-refractivity contribution is -0.120. The molecule has 2 heterocycles. The van der Waals surface area contributed by atoms with Crippen molar-refractivity contribution in [3.63, 3.8) is 0 Å². The van der Waals surface area contributed by atoms with Crippen LogP contribution in [0.3, 0.4) is 0 Å². The molecular formula is C18H21N5O2. The molecule has 0 unspecified atom stereocenters. The van der Waals surface area contributed by atoms with Crippen molar-refractivity contribution in [3.8, 4) is 0 Å². The van der Waals surface area contributed by atoms with Crippen LogP contribution in [0.25, 0.3) is 10.9 Å². The van der Waals surface area contributed by atoms with Crippen molar-refractivity contribution < 1.29 is 4.79 Å². The Balaban J connectivity index is 1.51. The van der Waals surface area contributed by atoms with E-state index in [1.807, 2.05) is 35.1 Å². The zero-order valence-corrected chi connectivity index (χ0v) is 14.4. The van der Waals surface area contributed by atoms with Crippen molar-refractivity contribution in [3.05, 3.63) is 57.9 Å². The van der Waals surface area contributed by atoms with Gasteiger partial charge in [0.25, 0.3) is 5.56 Å². The molecule has 7 nitrogen and oxygen atoms in total. The number of aryl methyl sites for hydroxylation is 2. The number of H-pyrrole nitrogens is 1. The molecule has 0 spiro atoms. The second-order valence-electron chi connectivity index (χ2n) is 6.03. The van der Waals surface area contributed by atoms with Gasteiger partial charge in [0.05, 0.1) is 23.8 Å². The van der Waals surface area contributed by atoms with Crippen LogP contribution in [-0.4, -0.2) is 32.2 Å². The van der Waals surface area contributed by atoms with E-state index < -0.39 is 0 Å². The number of amides is 1. The average molecular weight is 339 g/mol. The quantitative estimate of drug-likeness (QED) is 0.666. The van der Waals surface area contributed by atoms with Crippen LogP contribution in [0.1, 0.15) is 23.5 Å². The Morgan fingerprint density at radius 2 is 2.08 bits per heavy atom. The third-order valence-corrected chi connectivity index (χ3v) is 4.12. The zero-order chi connectivity index (χ0) is 17.8. The van der Waals surface area contributed by atoms with Gasteiger partial charge in [-0.05, 0) is 26.3 Å². The molecule has 1 amide bonds. The molecular weight excluding hydrogens is 318 g/mol. The third kappa shape index (κ3) is 3.93. The topological polar surface area (TPSA) is 92.7 Å². The number of carbonyl (C=O) groups is 1. The molecule has 0 saturated heterocycles. The highest BCUT2D eigenvalue weighted by molar-refractivity contribution is 5.79. The number of benzene rings is 1. The van der Waals surface area contributed by atoms with Gasteiger partial charge < -0.3 is 10.3 Å². The van der Waals surface area contributed by atoms with E-state index >= 15 is 0 Å². The summed E-state index contributed by atoms with van der Waals surface area (Å²) in [6, 6.07) is 8.03. The lowest BCUT2D eigenvalue weighted by atomic mass is 10.2. The number of rotatable bonds is 6. The summed E-state index contributed by atoms with van der Waals surface area (Å²) in [7, 11) is 0. The fourth-order valence-corrected chi connectivity index (χ4v) is 2.75. The maximum Gasteiger partial charge on any atom is 0.254 e. The minimum atomic E-state index is -0.194. The SMILES string of the molecule is Cc1nc(CC(=O)NCCCn2ncc3ccccc32)c(C)c(=O)[nH]1. The second-order valence-corrected chi connectivity index (χ2v) is 6.03. The fraction of sp³-hybridized carbons (Fsp3) is 0.333. The van der Waals surface area contributed by atoms with Gasteiger partial charge in [0.2, 0.25) is 5.91 Å². The first-order valence-electron chi connectivity index (χ1n) is 8.28. The summed E-state index contributed by atoms with van der Waals surface area (Å²) in [5.41, 5.74) is 1.91. The van der Waals surface area contributed by atoms with E-state index in [9.17, 15) is 9.59 Å². The third-order valence-electron chi connectivity index (χ3n) is 4.12. The number of aromatic nitrogens is 4. The molecule has 2 aromatic heterocycles. The number of hydrogen-bond donors (Lipinski definition) is 2. The molecule has 3 rings (SSSR count). The molecule has 2 N–H and O–H groups in total. The Bertz CT molecular complexity index is 957. The first kappa shape index (κ1) is 16.9. The molecule has 3 aromatic rings. The summed E-state index contributed by atoms with van der Waals surface area (Å²) < 4.78 is 1.94. The number of nitrogens with zero attached hydrogens (tertiary/aromatic N) is 3. The lowest BCUT2D eigenvalue weighted by Gasteiger charge is -2.08. The van der Waals surface area contributed by atoms with Gasteiger partial charge in [0, 0.05) is 24.0 Å². The molecule has 0 bridgehead atoms. The first-order chi connectivity index (χ1) is 12.0. The highest BCUT2D eigenvalue weighted by atomic mass is 16.1. The molecule has 1 aromatic carbocycles. The van der Waals surface area contributed by atoms with Crippen LogP contribution in [0.2, 0.25) is 0 Å². The van der Waals surface area contributed by atoms with Crippen LogP contribution in [0, 0.1) is 13.8 Å². The number of fused-ring (bicyclic) bond motifs is 1. The van der Waals surface area contributed by atoms with Gasteiger partial charge in [-0.3, -0.25) is 14.3 Å². The van der Waals surface area contributed by atoms with Gasteiger partial charge in [-0.2, -0.15) is 5.10 Å². The van der Waals surface area contributed by atoms with E-state index in [1.54, 1.807) is 13.8 Å². The molecule has 0 radical (unpaired) electrons. The van der Waals surface area contributed by atoms with Crippen molar-refractivity contribution >= 4 is 16.8 Å². The predicted octanol–water partition coefficient (Wildman–Crippen LogP) is 1.49. The first-order valence-corrected chi connectivity index (χ1v) is 8.28. The summed E-state index contributed by atoms with van der Waals surface area (Å²) in [5.74, 6) is 0.384. The van der Waals surface area contributed by atoms with E-state index in [-0.39, 0.29) is 17.9 Å². The number of para-hydroxylation sites is 1. The van der Waals surface area contributed by atoms with Crippen LogP contribution >= 0.6 is 0 Å². The van der Waals surface area contributed by atoms with E-state index in [4.69, 9.17) is 0 Å². The highest BCUT2D eigenvalue weighted by Gasteiger charge is 2.10. The van der Waals surface area contributed by atoms with Crippen molar-refractivity contribution in [2.45, 2.75) is 33.2 Å². The Morgan fingerprint density at radius 1 is 1.28 bits per heavy atom. The molecule has 0 atom stereocenters. The minimum absolute atomic E-state index is 0.112. The van der Waals surface area contributed by atoms with E-state index in [0.717, 1.165) is 23.9 Å². The van der Waals surface area contributed by atoms with Crippen LogP contribution in [0.4, 0.5) is 0 Å². The predicted molar refractivity (Wildman–Crippen MR) is 95.4 cm³/mol. The van der Waals surface area contributed by atoms with Gasteiger partial charge in [-0.25, -0.2) is 4.98 Å². The van der Waals surface area contributed by atoms with Gasteiger partial charge in [0.1, 0.15) is 5.82 Å². The monoisotopic (exact) mass is 339 g/mol. The lowest BCUT2D eigenvalue weighted by Crippen LogP contribution is -2.29. The largest absolute Gasteiger partial charge is 0.356 e. The van der Waals surface area contributed by atoms with Crippen LogP contribution < -0.4 is 10.9 Å². The smallest absolute Gasteiger partial charge is 0.254 e. The van der Waals surface area contributed by atoms with Crippen LogP contribution in [0.15, 0.2) is 35.3 Å². The number of hydrogen-bond acceptors (Lipinski definition) is 4. The summed E-state index contributed by atoms with van der Waals surface area (Å²) in [6.45, 7) is 4.66. The van der Waals surface area contributed by atoms with Crippen molar-refractivity contribution in [2.75, 3.05) is 6.54 Å². The maximum atomic E-state index is 12.1. The van der Waals surface area contributed by atoms with Crippen molar-refractivity contribution in [2.24, 2.45) is 0 Å². The highest BCUT2D eigenvalue weighted by Crippen LogP contribution is 2.12. The summed E-state index contributed by atoms with van der Waals surface area (Å²) in [5, 5.41) is 8.35. The van der Waals surface area contributed by atoms with Crippen LogP contribution in [0.5, 0.6) is 0 Å². The molecule has 0 fully saturated rings. The average Bonchev–Trinajstić information content (AvgIpc) is 2.99. The molecule has 0 saturated carbocycles. The molecule has 0 aliphatic heterocycles. The Kier molecular flexibility index (Phi) is 4.92. The van der Waals surface area contributed by atoms with Gasteiger partial charge in [-0.1, -0.05) is 18.2 Å². The normalized spacial score (nSPS) is 11.0. The molecule has 0 aliphatic carbocycles. The molecule has 130 valence electrons. The van der Waals surface area contributed by atoms with Crippen molar-refractivity contribution in [1.82, 2.24) is 25.1 Å². The Morgan fingerprint density at radius 3 is 2.92 bits per heavy atom. The molecule has 25 heavy (non-hydrogen) atoms. The summed E-state index contributed by atoms with van der Waals surface area (Å²) in [6.07, 6.45) is 2.73. The Hall–Kier alpha value is -2.96. The second kappa shape index (κ2) is 7.29. The molecule has 7 heteroatoms. The number of carbonyl (C=O) groups excluding carboxylic acids is 1.